The summed E-state index contributed by atoms with van der Waals surface area (Å²) in [6.45, 7) is 1.37. The lowest BCUT2D eigenvalue weighted by molar-refractivity contribution is -0.384. The third-order valence-electron chi connectivity index (χ3n) is 2.78. The first-order valence-electron chi connectivity index (χ1n) is 5.34. The minimum absolute atomic E-state index is 0.0753. The Morgan fingerprint density at radius 2 is 2.05 bits per heavy atom. The predicted octanol–water partition coefficient (Wildman–Crippen LogP) is 1.73. The molecule has 0 radical (unpaired) electrons. The summed E-state index contributed by atoms with van der Waals surface area (Å²) in [4.78, 5) is 25.3. The van der Waals surface area contributed by atoms with E-state index in [0.29, 0.717) is 5.56 Å². The molecular weight excluding hydrogens is 252 g/mol. The summed E-state index contributed by atoms with van der Waals surface area (Å²) in [5, 5.41) is 19.8. The van der Waals surface area contributed by atoms with Gasteiger partial charge >= 0.3 is 5.97 Å². The number of carboxylic acids is 1. The Morgan fingerprint density at radius 3 is 2.58 bits per heavy atom. The van der Waals surface area contributed by atoms with Crippen LogP contribution in [0.3, 0.4) is 0 Å². The van der Waals surface area contributed by atoms with Gasteiger partial charge in [0.25, 0.3) is 5.69 Å². The van der Waals surface area contributed by atoms with Crippen LogP contribution in [0, 0.1) is 10.1 Å². The van der Waals surface area contributed by atoms with Crippen molar-refractivity contribution in [3.05, 3.63) is 52.4 Å². The maximum Gasteiger partial charge on any atom is 0.354 e. The van der Waals surface area contributed by atoms with Crippen molar-refractivity contribution in [1.82, 2.24) is 0 Å². The maximum atomic E-state index is 11.3. The molecule has 1 aliphatic heterocycles. The van der Waals surface area contributed by atoms with Gasteiger partial charge in [-0.25, -0.2) is 4.79 Å². The molecule has 1 heterocycles. The Balaban J connectivity index is 2.44. The first kappa shape index (κ1) is 12.7. The van der Waals surface area contributed by atoms with Crippen LogP contribution in [0.4, 0.5) is 5.69 Å². The highest BCUT2D eigenvalue weighted by molar-refractivity contribution is 6.18. The highest BCUT2D eigenvalue weighted by Gasteiger charge is 2.42. The van der Waals surface area contributed by atoms with Crippen molar-refractivity contribution in [2.75, 3.05) is 0 Å². The number of nitro benzene ring substituents is 1. The number of rotatable bonds is 3. The van der Waals surface area contributed by atoms with Crippen LogP contribution in [0.2, 0.25) is 0 Å². The molecule has 0 aliphatic carbocycles. The first-order valence-corrected chi connectivity index (χ1v) is 5.34. The Morgan fingerprint density at radius 1 is 1.42 bits per heavy atom. The molecule has 2 rings (SSSR count). The monoisotopic (exact) mass is 262 g/mol. The lowest BCUT2D eigenvalue weighted by Crippen LogP contribution is -2.46. The van der Waals surface area contributed by atoms with Crippen molar-refractivity contribution in [2.24, 2.45) is 4.99 Å². The van der Waals surface area contributed by atoms with Crippen molar-refractivity contribution in [2.45, 2.75) is 12.5 Å². The highest BCUT2D eigenvalue weighted by atomic mass is 16.6. The largest absolute Gasteiger partial charge is 0.478 e. The van der Waals surface area contributed by atoms with Crippen LogP contribution in [0.5, 0.6) is 0 Å². The van der Waals surface area contributed by atoms with E-state index < -0.39 is 16.5 Å². The Bertz CT molecular complexity index is 591. The molecule has 1 N–H and O–H groups in total. The molecule has 0 saturated heterocycles. The number of nitro groups is 1. The minimum atomic E-state index is -1.61. The SMILES string of the molecule is C[C@@]1(C(=O)O)OC=CN=C1c1ccc([N+](=O)[O-])cc1. The summed E-state index contributed by atoms with van der Waals surface area (Å²) in [6.07, 6.45) is 2.53. The summed E-state index contributed by atoms with van der Waals surface area (Å²) in [5.41, 5.74) is -1.03. The second-order valence-corrected chi connectivity index (χ2v) is 4.02. The van der Waals surface area contributed by atoms with Crippen LogP contribution < -0.4 is 0 Å². The van der Waals surface area contributed by atoms with Gasteiger partial charge in [0.15, 0.2) is 0 Å². The van der Waals surface area contributed by atoms with Gasteiger partial charge in [-0.3, -0.25) is 15.1 Å². The molecule has 0 aromatic heterocycles. The van der Waals surface area contributed by atoms with E-state index >= 15 is 0 Å². The molecule has 0 spiro atoms. The van der Waals surface area contributed by atoms with Gasteiger partial charge < -0.3 is 9.84 Å². The maximum absolute atomic E-state index is 11.3. The number of aliphatic imine (C=N–C) groups is 1. The molecule has 1 aliphatic rings. The van der Waals surface area contributed by atoms with Crippen LogP contribution in [-0.2, 0) is 9.53 Å². The fourth-order valence-corrected chi connectivity index (χ4v) is 1.69. The second kappa shape index (κ2) is 4.52. The highest BCUT2D eigenvalue weighted by Crippen LogP contribution is 2.24. The molecule has 1 aromatic rings. The van der Waals surface area contributed by atoms with Gasteiger partial charge in [0.1, 0.15) is 12.0 Å². The zero-order valence-corrected chi connectivity index (χ0v) is 9.94. The molecule has 98 valence electrons. The van der Waals surface area contributed by atoms with E-state index in [1.54, 1.807) is 0 Å². The lowest BCUT2D eigenvalue weighted by atomic mass is 9.93. The van der Waals surface area contributed by atoms with Gasteiger partial charge in [0.2, 0.25) is 5.60 Å². The molecule has 1 aromatic carbocycles. The third-order valence-corrected chi connectivity index (χ3v) is 2.78. The fraction of sp³-hybridized carbons (Fsp3) is 0.167. The molecule has 0 unspecified atom stereocenters. The minimum Gasteiger partial charge on any atom is -0.478 e. The smallest absolute Gasteiger partial charge is 0.354 e. The topological polar surface area (TPSA) is 102 Å². The summed E-state index contributed by atoms with van der Waals surface area (Å²) in [6, 6.07) is 5.47. The third kappa shape index (κ3) is 2.17. The van der Waals surface area contributed by atoms with E-state index in [2.05, 4.69) is 4.99 Å². The summed E-state index contributed by atoms with van der Waals surface area (Å²) in [5.74, 6) is -1.19. The van der Waals surface area contributed by atoms with Crippen LogP contribution in [0.15, 0.2) is 41.7 Å². The molecule has 0 bridgehead atoms. The zero-order valence-electron chi connectivity index (χ0n) is 9.94. The molecular formula is C12H10N2O5. The predicted molar refractivity (Wildman–Crippen MR) is 65.9 cm³/mol. The average molecular weight is 262 g/mol. The van der Waals surface area contributed by atoms with Gasteiger partial charge in [-0.2, -0.15) is 0 Å². The van der Waals surface area contributed by atoms with Gasteiger partial charge in [0, 0.05) is 17.7 Å². The van der Waals surface area contributed by atoms with Crippen molar-refractivity contribution < 1.29 is 19.6 Å². The number of nitrogens with zero attached hydrogens (tertiary/aromatic N) is 2. The number of non-ortho nitro benzene ring substituents is 1. The van der Waals surface area contributed by atoms with Gasteiger partial charge in [-0.05, 0) is 19.1 Å². The molecule has 1 atom stereocenters. The molecule has 0 amide bonds. The van der Waals surface area contributed by atoms with Crippen LogP contribution in [0.25, 0.3) is 0 Å². The number of carboxylic acid groups (broad SMARTS) is 1. The average Bonchev–Trinajstić information content (AvgIpc) is 2.39. The van der Waals surface area contributed by atoms with Gasteiger partial charge in [-0.15, -0.1) is 0 Å². The van der Waals surface area contributed by atoms with E-state index in [0.717, 1.165) is 0 Å². The van der Waals surface area contributed by atoms with Gasteiger partial charge in [-0.1, -0.05) is 0 Å². The quantitative estimate of drug-likeness (QED) is 0.660. The fourth-order valence-electron chi connectivity index (χ4n) is 1.69. The lowest BCUT2D eigenvalue weighted by Gasteiger charge is -2.28. The van der Waals surface area contributed by atoms with Crippen molar-refractivity contribution in [1.29, 1.82) is 0 Å². The standard InChI is InChI=1S/C12H10N2O5/c1-12(11(15)16)10(13-6-7-19-12)8-2-4-9(5-3-8)14(17)18/h2-7H,1H3,(H,15,16)/t12-/m1/s1. The second-order valence-electron chi connectivity index (χ2n) is 4.02. The van der Waals surface area contributed by atoms with E-state index in [9.17, 15) is 20.0 Å². The van der Waals surface area contributed by atoms with E-state index in [1.807, 2.05) is 0 Å². The van der Waals surface area contributed by atoms with E-state index in [1.165, 1.54) is 43.7 Å². The first-order chi connectivity index (χ1) is 8.95. The Kier molecular flexibility index (Phi) is 3.04. The zero-order chi connectivity index (χ0) is 14.0. The number of hydrogen-bond donors (Lipinski definition) is 1. The van der Waals surface area contributed by atoms with E-state index in [4.69, 9.17) is 4.74 Å². The van der Waals surface area contributed by atoms with Gasteiger partial charge in [0.05, 0.1) is 11.1 Å². The number of aliphatic carboxylic acids is 1. The number of carbonyl (C=O) groups is 1. The summed E-state index contributed by atoms with van der Waals surface area (Å²) >= 11 is 0. The number of hydrogen-bond acceptors (Lipinski definition) is 5. The van der Waals surface area contributed by atoms with Crippen LogP contribution in [0.1, 0.15) is 12.5 Å². The summed E-state index contributed by atoms with van der Waals surface area (Å²) < 4.78 is 5.13. The van der Waals surface area contributed by atoms with Crippen molar-refractivity contribution >= 4 is 17.4 Å². The van der Waals surface area contributed by atoms with Crippen LogP contribution >= 0.6 is 0 Å². The molecule has 19 heavy (non-hydrogen) atoms. The molecule has 7 heteroatoms. The molecule has 0 fully saturated rings. The van der Waals surface area contributed by atoms with Crippen molar-refractivity contribution in [3.8, 4) is 0 Å². The molecule has 7 nitrogen and oxygen atoms in total. The number of benzene rings is 1. The number of ether oxygens (including phenoxy) is 1. The molecule has 0 saturated carbocycles. The normalized spacial score (nSPS) is 21.4. The van der Waals surface area contributed by atoms with Crippen LogP contribution in [-0.4, -0.2) is 27.3 Å². The van der Waals surface area contributed by atoms with Crippen molar-refractivity contribution in [3.63, 3.8) is 0 Å². The Hall–Kier alpha value is -2.70. The van der Waals surface area contributed by atoms with E-state index in [-0.39, 0.29) is 11.4 Å². The Labute approximate surface area is 108 Å². The summed E-state index contributed by atoms with van der Waals surface area (Å²) in [7, 11) is 0.